The Kier molecular flexibility index (Phi) is 9.88. The van der Waals surface area contributed by atoms with Crippen molar-refractivity contribution in [2.24, 2.45) is 0 Å². The molecule has 4 heterocycles. The Hall–Kier alpha value is -2.92. The molecule has 2 aromatic heterocycles. The Bertz CT molecular complexity index is 1390. The van der Waals surface area contributed by atoms with E-state index in [1.807, 2.05) is 6.07 Å². The van der Waals surface area contributed by atoms with Crippen LogP contribution in [-0.4, -0.2) is 70.8 Å². The highest BCUT2D eigenvalue weighted by atomic mass is 35.5. The van der Waals surface area contributed by atoms with Crippen molar-refractivity contribution in [1.82, 2.24) is 25.3 Å². The van der Waals surface area contributed by atoms with Crippen molar-refractivity contribution in [2.45, 2.75) is 65.2 Å². The number of nitrogens with zero attached hydrogens (tertiary/aromatic N) is 5. The summed E-state index contributed by atoms with van der Waals surface area (Å²) in [6, 6.07) is 7.36. The monoisotopic (exact) mass is 621 g/mol. The van der Waals surface area contributed by atoms with E-state index in [1.54, 1.807) is 32.2 Å². The summed E-state index contributed by atoms with van der Waals surface area (Å²) in [6.45, 7) is 11.2. The van der Waals surface area contributed by atoms with Crippen LogP contribution < -0.4 is 15.5 Å². The molecule has 1 aromatic carbocycles. The maximum absolute atomic E-state index is 14.3. The quantitative estimate of drug-likeness (QED) is 0.296. The number of halogens is 3. The minimum Gasteiger partial charge on any atom is -0.359 e. The van der Waals surface area contributed by atoms with Gasteiger partial charge in [0, 0.05) is 64.4 Å². The molecule has 12 heteroatoms. The Morgan fingerprint density at radius 1 is 1.17 bits per heavy atom. The lowest BCUT2D eigenvalue weighted by Gasteiger charge is -2.47. The van der Waals surface area contributed by atoms with Crippen LogP contribution in [0.25, 0.3) is 0 Å². The Labute approximate surface area is 259 Å². The number of anilines is 2. The van der Waals surface area contributed by atoms with Crippen molar-refractivity contribution in [1.29, 1.82) is 0 Å². The molecule has 2 fully saturated rings. The highest BCUT2D eigenvalue weighted by Gasteiger charge is 2.34. The fourth-order valence-corrected chi connectivity index (χ4v) is 6.47. The molecule has 0 spiro atoms. The lowest BCUT2D eigenvalue weighted by Crippen LogP contribution is -2.58. The molecule has 5 rings (SSSR count). The summed E-state index contributed by atoms with van der Waals surface area (Å²) in [5, 5.41) is 10.5. The number of rotatable bonds is 8. The topological polar surface area (TPSA) is 89.8 Å². The molecule has 9 nitrogen and oxygen atoms in total. The van der Waals surface area contributed by atoms with Crippen molar-refractivity contribution in [3.05, 3.63) is 68.9 Å². The van der Waals surface area contributed by atoms with Crippen molar-refractivity contribution in [3.8, 4) is 0 Å². The Balaban J connectivity index is 0.00000264. The van der Waals surface area contributed by atoms with E-state index in [0.717, 1.165) is 63.4 Å². The number of urea groups is 1. The second kappa shape index (κ2) is 13.6. The van der Waals surface area contributed by atoms with Gasteiger partial charge in [-0.15, -0.1) is 0 Å². The lowest BCUT2D eigenvalue weighted by atomic mass is 9.97. The predicted octanol–water partition coefficient (Wildman–Crippen LogP) is 6.51. The second-order valence-electron chi connectivity index (χ2n) is 11.1. The average Bonchev–Trinajstić information content (AvgIpc) is 3.30. The molecule has 0 aliphatic carbocycles. The van der Waals surface area contributed by atoms with E-state index in [0.29, 0.717) is 51.4 Å². The Morgan fingerprint density at radius 2 is 1.95 bits per heavy atom. The first-order valence-electron chi connectivity index (χ1n) is 14.5. The minimum atomic E-state index is -0.352. The van der Waals surface area contributed by atoms with Gasteiger partial charge in [0.05, 0.1) is 5.02 Å². The van der Waals surface area contributed by atoms with Crippen LogP contribution in [0.4, 0.5) is 20.7 Å². The molecule has 42 heavy (non-hydrogen) atoms. The van der Waals surface area contributed by atoms with Gasteiger partial charge in [-0.2, -0.15) is 0 Å². The molecular weight excluding hydrogens is 580 g/mol. The number of pyridine rings is 1. The molecule has 1 atom stereocenters. The van der Waals surface area contributed by atoms with Gasteiger partial charge in [0.25, 0.3) is 0 Å². The van der Waals surface area contributed by atoms with Crippen molar-refractivity contribution in [2.75, 3.05) is 42.9 Å². The maximum atomic E-state index is 14.3. The van der Waals surface area contributed by atoms with E-state index >= 15 is 0 Å². The van der Waals surface area contributed by atoms with Crippen LogP contribution in [-0.2, 0) is 13.1 Å². The lowest BCUT2D eigenvalue weighted by molar-refractivity contribution is 0.0607. The first-order chi connectivity index (χ1) is 20.2. The third kappa shape index (κ3) is 7.16. The van der Waals surface area contributed by atoms with E-state index in [1.165, 1.54) is 6.07 Å². The highest BCUT2D eigenvalue weighted by molar-refractivity contribution is 6.33. The summed E-state index contributed by atoms with van der Waals surface area (Å²) in [5.41, 5.74) is 2.71. The summed E-state index contributed by atoms with van der Waals surface area (Å²) < 4.78 is 19.4. The molecule has 230 valence electrons. The van der Waals surface area contributed by atoms with Crippen molar-refractivity contribution < 1.29 is 16.6 Å². The van der Waals surface area contributed by atoms with Crippen LogP contribution in [0.15, 0.2) is 35.0 Å². The zero-order valence-electron chi connectivity index (χ0n) is 24.3. The number of hydrogen-bond donors (Lipinski definition) is 2. The summed E-state index contributed by atoms with van der Waals surface area (Å²) >= 11 is 12.6. The summed E-state index contributed by atoms with van der Waals surface area (Å²) in [6.07, 6.45) is 4.93. The molecular formula is C30H42Cl2FN7O2. The van der Waals surface area contributed by atoms with E-state index in [4.69, 9.17) is 27.7 Å². The van der Waals surface area contributed by atoms with E-state index in [-0.39, 0.29) is 21.2 Å². The van der Waals surface area contributed by atoms with Gasteiger partial charge in [0.1, 0.15) is 23.0 Å². The number of carbonyl (C=O) groups excluding carboxylic acids is 1. The van der Waals surface area contributed by atoms with E-state index < -0.39 is 0 Å². The normalized spacial score (nSPS) is 18.8. The first kappa shape index (κ1) is 30.5. The van der Waals surface area contributed by atoms with Crippen molar-refractivity contribution >= 4 is 40.7 Å². The van der Waals surface area contributed by atoms with Gasteiger partial charge in [-0.05, 0) is 70.0 Å². The number of piperidine rings is 1. The molecule has 2 N–H and O–H groups in total. The number of carbonyl (C=O) groups is 1. The zero-order chi connectivity index (χ0) is 29.8. The van der Waals surface area contributed by atoms with Gasteiger partial charge in [-0.3, -0.25) is 9.80 Å². The molecule has 0 radical (unpaired) electrons. The number of amides is 2. The van der Waals surface area contributed by atoms with Gasteiger partial charge in [0.2, 0.25) is 0 Å². The molecule has 2 amide bonds. The minimum absolute atomic E-state index is 0. The third-order valence-corrected chi connectivity index (χ3v) is 8.85. The second-order valence-corrected chi connectivity index (χ2v) is 12.0. The smallest absolute Gasteiger partial charge is 0.319 e. The van der Waals surface area contributed by atoms with E-state index in [2.05, 4.69) is 42.4 Å². The maximum Gasteiger partial charge on any atom is 0.319 e. The van der Waals surface area contributed by atoms with Gasteiger partial charge in [0.15, 0.2) is 5.76 Å². The number of nitrogens with one attached hydrogen (secondary N) is 2. The summed E-state index contributed by atoms with van der Waals surface area (Å²) in [4.78, 5) is 24.3. The van der Waals surface area contributed by atoms with Crippen LogP contribution in [0.5, 0.6) is 0 Å². The Morgan fingerprint density at radius 3 is 2.62 bits per heavy atom. The molecule has 0 bridgehead atoms. The SMILES string of the molecule is CC[C@H]1CN(c2ncc(CNC(=O)Nc3c(C)noc3C)cc2Cl)CCN1C1CCN(Cc2ccc(Cl)cc2F)CC1.[HH].[HH]. The van der Waals surface area contributed by atoms with Crippen LogP contribution in [0.3, 0.4) is 0 Å². The van der Waals surface area contributed by atoms with Crippen LogP contribution in [0.1, 0.15) is 51.6 Å². The first-order valence-corrected chi connectivity index (χ1v) is 15.3. The molecule has 2 saturated heterocycles. The number of likely N-dealkylation sites (tertiary alicyclic amines) is 1. The van der Waals surface area contributed by atoms with E-state index in [9.17, 15) is 9.18 Å². The number of benzene rings is 1. The van der Waals surface area contributed by atoms with Gasteiger partial charge < -0.3 is 20.1 Å². The third-order valence-electron chi connectivity index (χ3n) is 8.34. The molecule has 0 saturated carbocycles. The average molecular weight is 623 g/mol. The molecule has 2 aliphatic rings. The zero-order valence-corrected chi connectivity index (χ0v) is 25.8. The largest absolute Gasteiger partial charge is 0.359 e. The fraction of sp³-hybridized carbons (Fsp3) is 0.500. The predicted molar refractivity (Wildman–Crippen MR) is 168 cm³/mol. The number of aryl methyl sites for hydroxylation is 2. The summed E-state index contributed by atoms with van der Waals surface area (Å²) in [7, 11) is 0. The fourth-order valence-electron chi connectivity index (χ4n) is 6.01. The summed E-state index contributed by atoms with van der Waals surface area (Å²) in [5.74, 6) is 1.10. The molecule has 3 aromatic rings. The van der Waals surface area contributed by atoms with Crippen LogP contribution in [0.2, 0.25) is 10.0 Å². The molecule has 0 unspecified atom stereocenters. The van der Waals surface area contributed by atoms with Gasteiger partial charge in [-0.25, -0.2) is 14.2 Å². The van der Waals surface area contributed by atoms with Crippen LogP contribution in [0, 0.1) is 19.7 Å². The van der Waals surface area contributed by atoms with Gasteiger partial charge >= 0.3 is 6.03 Å². The number of aromatic nitrogens is 2. The van der Waals surface area contributed by atoms with Gasteiger partial charge in [-0.1, -0.05) is 41.3 Å². The highest BCUT2D eigenvalue weighted by Crippen LogP contribution is 2.30. The van der Waals surface area contributed by atoms with Crippen molar-refractivity contribution in [3.63, 3.8) is 0 Å². The molecule has 2 aliphatic heterocycles. The van der Waals surface area contributed by atoms with Crippen LogP contribution >= 0.6 is 23.2 Å². The standard InChI is InChI=1S/C30H38Cl2FN7O2.2H2/c1-4-24-18-39(11-12-40(24)25-7-9-38(10-8-25)17-22-5-6-23(31)14-27(22)33)29-26(32)13-21(15-34-29)16-35-30(41)36-28-19(2)37-42-20(28)3;;/h5-6,13-15,24-25H,4,7-12,16-18H2,1-3H3,(H2,35,36,41);2*1H/t24-;;/m0../s1. The number of hydrogen-bond acceptors (Lipinski definition) is 7. The number of piperazine rings is 1.